The van der Waals surface area contributed by atoms with Crippen molar-refractivity contribution in [1.29, 1.82) is 0 Å². The van der Waals surface area contributed by atoms with Crippen molar-refractivity contribution < 1.29 is 42.9 Å². The first-order valence-electron chi connectivity index (χ1n) is 6.46. The van der Waals surface area contributed by atoms with Crippen molar-refractivity contribution in [3.05, 3.63) is 12.2 Å². The van der Waals surface area contributed by atoms with Gasteiger partial charge >= 0.3 is 11.7 Å². The van der Waals surface area contributed by atoms with E-state index in [1.165, 1.54) is 6.92 Å². The van der Waals surface area contributed by atoms with E-state index in [2.05, 4.69) is 16.1 Å². The molecule has 0 aliphatic rings. The number of quaternary nitrogens is 1. The molecule has 9 nitrogen and oxygen atoms in total. The van der Waals surface area contributed by atoms with Crippen LogP contribution in [0.25, 0.3) is 0 Å². The van der Waals surface area contributed by atoms with Crippen LogP contribution in [0.4, 0.5) is 0 Å². The normalized spacial score (nSPS) is 17.4. The molecule has 0 aliphatic heterocycles. The van der Waals surface area contributed by atoms with Gasteiger partial charge in [-0.05, 0) is 6.92 Å². The van der Waals surface area contributed by atoms with Gasteiger partial charge in [-0.2, -0.15) is 0 Å². The van der Waals surface area contributed by atoms with Crippen LogP contribution in [0.5, 0.6) is 0 Å². The molecule has 0 bridgehead atoms. The average Bonchev–Trinajstić information content (AvgIpc) is 2.31. The molecule has 0 radical (unpaired) electrons. The van der Waals surface area contributed by atoms with Crippen molar-refractivity contribution in [2.75, 3.05) is 47.5 Å². The molecule has 0 amide bonds. The smallest absolute Gasteiger partial charge is 0.347 e. The fraction of sp³-hybridized carbons (Fsp3) is 0.750. The number of carbonyl (C=O) groups is 1. The Labute approximate surface area is 129 Å². The number of esters is 1. The molecule has 0 aliphatic carbocycles. The standard InChI is InChI=1S/C12H24NO8P/c1-10(2)11(14)19-8-9-21-12(15,22(16,17)18)20-7-6-13(3,4)5/h15H,1,6-9H2,2-5H3,(H-,16,17,18). The molecule has 0 aromatic rings. The molecule has 10 heteroatoms. The maximum absolute atomic E-state index is 11.2. The van der Waals surface area contributed by atoms with Crippen LogP contribution in [0.2, 0.25) is 0 Å². The number of aliphatic hydroxyl groups is 1. The van der Waals surface area contributed by atoms with E-state index in [1.807, 2.05) is 21.1 Å². The molecule has 0 aromatic heterocycles. The molecule has 0 spiro atoms. The highest BCUT2D eigenvalue weighted by Crippen LogP contribution is 2.46. The highest BCUT2D eigenvalue weighted by atomic mass is 31.2. The van der Waals surface area contributed by atoms with Crippen LogP contribution in [0.3, 0.4) is 0 Å². The Morgan fingerprint density at radius 2 is 1.77 bits per heavy atom. The number of carbonyl (C=O) groups excluding carboxylic acids is 1. The van der Waals surface area contributed by atoms with Crippen molar-refractivity contribution in [2.24, 2.45) is 0 Å². The lowest BCUT2D eigenvalue weighted by Gasteiger charge is -2.35. The third-order valence-electron chi connectivity index (χ3n) is 2.36. The highest BCUT2D eigenvalue weighted by molar-refractivity contribution is 7.51. The summed E-state index contributed by atoms with van der Waals surface area (Å²) in [5, 5.41) is 9.78. The number of hydrogen-bond donors (Lipinski definition) is 2. The lowest BCUT2D eigenvalue weighted by Crippen LogP contribution is -2.44. The van der Waals surface area contributed by atoms with Gasteiger partial charge < -0.3 is 38.2 Å². The third-order valence-corrected chi connectivity index (χ3v) is 3.34. The van der Waals surface area contributed by atoms with Gasteiger partial charge in [0.2, 0.25) is 7.60 Å². The minimum atomic E-state index is -5.36. The van der Waals surface area contributed by atoms with Gasteiger partial charge in [-0.3, -0.25) is 0 Å². The van der Waals surface area contributed by atoms with Crippen molar-refractivity contribution in [3.8, 4) is 0 Å². The zero-order valence-electron chi connectivity index (χ0n) is 13.3. The van der Waals surface area contributed by atoms with Gasteiger partial charge in [-0.25, -0.2) is 4.79 Å². The molecule has 0 saturated heterocycles. The van der Waals surface area contributed by atoms with Crippen molar-refractivity contribution in [1.82, 2.24) is 0 Å². The summed E-state index contributed by atoms with van der Waals surface area (Å²) in [5.74, 6) is -0.688. The number of hydrogen-bond acceptors (Lipinski definition) is 7. The van der Waals surface area contributed by atoms with E-state index in [9.17, 15) is 19.4 Å². The fourth-order valence-corrected chi connectivity index (χ4v) is 1.60. The summed E-state index contributed by atoms with van der Waals surface area (Å²) in [7, 11) is 0.132. The number of rotatable bonds is 10. The largest absolute Gasteiger partial charge is 0.773 e. The van der Waals surface area contributed by atoms with Crippen LogP contribution in [-0.4, -0.2) is 73.7 Å². The Hall–Kier alpha value is -0.800. The molecule has 0 heterocycles. The van der Waals surface area contributed by atoms with E-state index < -0.39 is 25.9 Å². The van der Waals surface area contributed by atoms with E-state index in [0.29, 0.717) is 11.0 Å². The van der Waals surface area contributed by atoms with Crippen LogP contribution in [0.15, 0.2) is 12.2 Å². The van der Waals surface area contributed by atoms with E-state index in [-0.39, 0.29) is 18.8 Å². The van der Waals surface area contributed by atoms with Crippen LogP contribution >= 0.6 is 7.60 Å². The number of nitrogens with zero attached hydrogens (tertiary/aromatic N) is 1. The van der Waals surface area contributed by atoms with Crippen LogP contribution in [0.1, 0.15) is 6.92 Å². The second kappa shape index (κ2) is 8.16. The highest BCUT2D eigenvalue weighted by Gasteiger charge is 2.41. The lowest BCUT2D eigenvalue weighted by molar-refractivity contribution is -0.871. The van der Waals surface area contributed by atoms with Crippen molar-refractivity contribution in [3.63, 3.8) is 0 Å². The summed E-state index contributed by atoms with van der Waals surface area (Å²) < 4.78 is 25.7. The third kappa shape index (κ3) is 8.00. The van der Waals surface area contributed by atoms with E-state index in [1.54, 1.807) is 0 Å². The van der Waals surface area contributed by atoms with Crippen LogP contribution in [-0.2, 0) is 23.6 Å². The first-order valence-corrected chi connectivity index (χ1v) is 8.03. The average molecular weight is 341 g/mol. The minimum absolute atomic E-state index is 0.158. The first-order chi connectivity index (χ1) is 9.78. The maximum Gasteiger partial charge on any atom is 0.347 e. The Balaban J connectivity index is 4.49. The van der Waals surface area contributed by atoms with Gasteiger partial charge in [0.15, 0.2) is 0 Å². The molecule has 0 aromatic carbocycles. The summed E-state index contributed by atoms with van der Waals surface area (Å²) in [6.45, 7) is 4.14. The zero-order chi connectivity index (χ0) is 17.6. The molecule has 130 valence electrons. The molecule has 2 atom stereocenters. The molecular weight excluding hydrogens is 317 g/mol. The van der Waals surface area contributed by atoms with E-state index >= 15 is 0 Å². The topological polar surface area (TPSA) is 125 Å². The van der Waals surface area contributed by atoms with Gasteiger partial charge in [-0.15, -0.1) is 0 Å². The molecular formula is C12H24NO8P. The van der Waals surface area contributed by atoms with Crippen molar-refractivity contribution >= 4 is 13.6 Å². The Kier molecular flexibility index (Phi) is 7.87. The maximum atomic E-state index is 11.2. The molecule has 2 unspecified atom stereocenters. The van der Waals surface area contributed by atoms with Crippen LogP contribution < -0.4 is 4.89 Å². The summed E-state index contributed by atoms with van der Waals surface area (Å²) >= 11 is 0. The molecule has 0 rings (SSSR count). The number of ether oxygens (including phenoxy) is 3. The van der Waals surface area contributed by atoms with Gasteiger partial charge in [0.05, 0.1) is 27.7 Å². The second-order valence-electron chi connectivity index (χ2n) is 5.70. The monoisotopic (exact) mass is 341 g/mol. The summed E-state index contributed by atoms with van der Waals surface area (Å²) in [6, 6.07) is 0. The molecule has 0 fully saturated rings. The minimum Gasteiger partial charge on any atom is -0.773 e. The summed E-state index contributed by atoms with van der Waals surface area (Å²) in [4.78, 5) is 31.3. The lowest BCUT2D eigenvalue weighted by atomic mass is 10.4. The van der Waals surface area contributed by atoms with Crippen molar-refractivity contribution in [2.45, 2.75) is 12.6 Å². The Morgan fingerprint density at radius 1 is 1.27 bits per heavy atom. The van der Waals surface area contributed by atoms with Gasteiger partial charge in [0, 0.05) is 5.57 Å². The molecule has 22 heavy (non-hydrogen) atoms. The van der Waals surface area contributed by atoms with Gasteiger partial charge in [0.1, 0.15) is 19.8 Å². The number of likely N-dealkylation sites (N-methyl/N-ethyl adjacent to an activating group) is 1. The Morgan fingerprint density at radius 3 is 2.18 bits per heavy atom. The predicted molar refractivity (Wildman–Crippen MR) is 75.4 cm³/mol. The van der Waals surface area contributed by atoms with Gasteiger partial charge in [0.25, 0.3) is 0 Å². The molecule has 2 N–H and O–H groups in total. The predicted octanol–water partition coefficient (Wildman–Crippen LogP) is -1.01. The summed E-state index contributed by atoms with van der Waals surface area (Å²) in [6.07, 6.45) is 0. The molecule has 0 saturated carbocycles. The van der Waals surface area contributed by atoms with E-state index in [4.69, 9.17) is 9.63 Å². The Bertz CT molecular complexity index is 441. The summed E-state index contributed by atoms with van der Waals surface area (Å²) in [5.41, 5.74) is -3.02. The first kappa shape index (κ1) is 21.2. The zero-order valence-corrected chi connectivity index (χ0v) is 14.2. The second-order valence-corrected chi connectivity index (χ2v) is 7.30. The quantitative estimate of drug-likeness (QED) is 0.129. The SMILES string of the molecule is C=C(C)C(=O)OCCOC(O)(OCC[N+](C)(C)C)P(=O)([O-])O. The van der Waals surface area contributed by atoms with E-state index in [0.717, 1.165) is 0 Å². The fourth-order valence-electron chi connectivity index (χ4n) is 1.09. The van der Waals surface area contributed by atoms with Crippen LogP contribution in [0, 0.1) is 0 Å². The van der Waals surface area contributed by atoms with Gasteiger partial charge in [-0.1, -0.05) is 6.58 Å².